The summed E-state index contributed by atoms with van der Waals surface area (Å²) >= 11 is 0. The predicted octanol–water partition coefficient (Wildman–Crippen LogP) is 1.72. The van der Waals surface area contributed by atoms with Gasteiger partial charge in [-0.25, -0.2) is 4.79 Å². The largest absolute Gasteiger partial charge is 0.496 e. The zero-order valence-corrected chi connectivity index (χ0v) is 12.5. The van der Waals surface area contributed by atoms with Crippen LogP contribution in [0.25, 0.3) is 0 Å². The molecule has 0 aromatic heterocycles. The first-order valence-electron chi connectivity index (χ1n) is 7.09. The van der Waals surface area contributed by atoms with Crippen molar-refractivity contribution >= 4 is 6.09 Å². The normalized spacial score (nSPS) is 18.4. The minimum Gasteiger partial charge on any atom is -0.496 e. The summed E-state index contributed by atoms with van der Waals surface area (Å²) in [5, 5.41) is 12.3. The molecule has 1 aliphatic heterocycles. The maximum absolute atomic E-state index is 11.0. The van der Waals surface area contributed by atoms with Crippen LogP contribution in [0.4, 0.5) is 4.79 Å². The van der Waals surface area contributed by atoms with Crippen molar-refractivity contribution in [3.63, 3.8) is 0 Å². The second-order valence-corrected chi connectivity index (χ2v) is 5.10. The van der Waals surface area contributed by atoms with Crippen LogP contribution >= 0.6 is 0 Å². The van der Waals surface area contributed by atoms with E-state index >= 15 is 0 Å². The highest BCUT2D eigenvalue weighted by Gasteiger charge is 2.22. The molecule has 6 heteroatoms. The number of hydrogen-bond donors (Lipinski definition) is 2. The monoisotopic (exact) mass is 294 g/mol. The molecule has 21 heavy (non-hydrogen) atoms. The molecule has 0 aliphatic carbocycles. The molecule has 0 bridgehead atoms. The summed E-state index contributed by atoms with van der Waals surface area (Å²) in [7, 11) is 1.64. The zero-order valence-electron chi connectivity index (χ0n) is 12.5. The fourth-order valence-electron chi connectivity index (χ4n) is 2.48. The van der Waals surface area contributed by atoms with Gasteiger partial charge in [-0.3, -0.25) is 0 Å². The summed E-state index contributed by atoms with van der Waals surface area (Å²) in [5.74, 6) is 1.61. The Morgan fingerprint density at radius 3 is 2.95 bits per heavy atom. The lowest BCUT2D eigenvalue weighted by atomic mass is 10.1. The van der Waals surface area contributed by atoms with Gasteiger partial charge < -0.3 is 24.8 Å². The minimum absolute atomic E-state index is 0.140. The van der Waals surface area contributed by atoms with Crippen LogP contribution in [0.3, 0.4) is 0 Å². The Balaban J connectivity index is 1.83. The molecule has 2 rings (SSSR count). The van der Waals surface area contributed by atoms with Gasteiger partial charge in [0, 0.05) is 31.2 Å². The molecule has 1 fully saturated rings. The zero-order chi connectivity index (χ0) is 15.2. The Hall–Kier alpha value is -1.95. The van der Waals surface area contributed by atoms with Gasteiger partial charge in [-0.15, -0.1) is 0 Å². The molecule has 1 unspecified atom stereocenters. The Morgan fingerprint density at radius 1 is 1.48 bits per heavy atom. The van der Waals surface area contributed by atoms with E-state index in [9.17, 15) is 4.79 Å². The highest BCUT2D eigenvalue weighted by Crippen LogP contribution is 2.27. The Kier molecular flexibility index (Phi) is 5.27. The summed E-state index contributed by atoms with van der Waals surface area (Å²) in [4.78, 5) is 12.4. The lowest BCUT2D eigenvalue weighted by Crippen LogP contribution is -2.52. The Morgan fingerprint density at radius 2 is 2.24 bits per heavy atom. The molecule has 6 nitrogen and oxygen atoms in total. The summed E-state index contributed by atoms with van der Waals surface area (Å²) in [6.07, 6.45) is -0.0912. The van der Waals surface area contributed by atoms with Crippen LogP contribution in [0.2, 0.25) is 0 Å². The molecular formula is C15H22N2O4. The van der Waals surface area contributed by atoms with Gasteiger partial charge in [0.2, 0.25) is 0 Å². The van der Waals surface area contributed by atoms with Gasteiger partial charge >= 0.3 is 6.09 Å². The van der Waals surface area contributed by atoms with Gasteiger partial charge in [0.1, 0.15) is 11.5 Å². The van der Waals surface area contributed by atoms with E-state index in [0.29, 0.717) is 26.2 Å². The third kappa shape index (κ3) is 4.01. The number of amides is 1. The van der Waals surface area contributed by atoms with E-state index in [2.05, 4.69) is 5.32 Å². The van der Waals surface area contributed by atoms with Crippen molar-refractivity contribution in [2.45, 2.75) is 19.4 Å². The fraction of sp³-hybridized carbons (Fsp3) is 0.533. The number of nitrogens with one attached hydrogen (secondary N) is 1. The smallest absolute Gasteiger partial charge is 0.407 e. The highest BCUT2D eigenvalue weighted by molar-refractivity contribution is 5.65. The number of rotatable bonds is 5. The molecule has 0 saturated carbocycles. The summed E-state index contributed by atoms with van der Waals surface area (Å²) in [6.45, 7) is 4.24. The summed E-state index contributed by atoms with van der Waals surface area (Å²) in [5.41, 5.74) is 0.976. The number of benzene rings is 1. The fourth-order valence-corrected chi connectivity index (χ4v) is 2.48. The molecule has 1 aromatic rings. The van der Waals surface area contributed by atoms with Crippen LogP contribution in [0.1, 0.15) is 12.0 Å². The van der Waals surface area contributed by atoms with Gasteiger partial charge in [0.05, 0.1) is 13.7 Å². The van der Waals surface area contributed by atoms with Crippen LogP contribution < -0.4 is 14.8 Å². The van der Waals surface area contributed by atoms with Gasteiger partial charge in [-0.05, 0) is 25.5 Å². The van der Waals surface area contributed by atoms with E-state index in [4.69, 9.17) is 14.6 Å². The van der Waals surface area contributed by atoms with Crippen molar-refractivity contribution in [3.05, 3.63) is 23.8 Å². The van der Waals surface area contributed by atoms with Gasteiger partial charge in [-0.1, -0.05) is 6.07 Å². The maximum atomic E-state index is 11.0. The van der Waals surface area contributed by atoms with Crippen LogP contribution in [-0.2, 0) is 0 Å². The summed E-state index contributed by atoms with van der Waals surface area (Å²) in [6, 6.07) is 5.85. The standard InChI is InChI=1S/C15H22N2O4/c1-11-13(20-2)4-3-5-14(11)21-9-6-12-10-17(15(18)19)8-7-16-12/h3-5,12,16H,6-10H2,1-2H3,(H,18,19). The molecule has 1 aliphatic rings. The van der Waals surface area contributed by atoms with Gasteiger partial charge in [-0.2, -0.15) is 0 Å². The SMILES string of the molecule is COc1cccc(OCCC2CN(C(=O)O)CCN2)c1C. The van der Waals surface area contributed by atoms with Crippen molar-refractivity contribution in [1.29, 1.82) is 0 Å². The molecule has 116 valence electrons. The molecular weight excluding hydrogens is 272 g/mol. The van der Waals surface area contributed by atoms with E-state index in [0.717, 1.165) is 23.5 Å². The first-order valence-corrected chi connectivity index (χ1v) is 7.09. The van der Waals surface area contributed by atoms with E-state index in [1.54, 1.807) is 7.11 Å². The molecule has 1 saturated heterocycles. The molecule has 0 radical (unpaired) electrons. The minimum atomic E-state index is -0.856. The molecule has 1 amide bonds. The summed E-state index contributed by atoms with van der Waals surface area (Å²) < 4.78 is 11.0. The van der Waals surface area contributed by atoms with E-state index in [1.165, 1.54) is 4.90 Å². The van der Waals surface area contributed by atoms with Crippen molar-refractivity contribution in [3.8, 4) is 11.5 Å². The quantitative estimate of drug-likeness (QED) is 0.865. The van der Waals surface area contributed by atoms with Gasteiger partial charge in [0.15, 0.2) is 0 Å². The number of methoxy groups -OCH3 is 1. The van der Waals surface area contributed by atoms with Crippen molar-refractivity contribution in [2.75, 3.05) is 33.4 Å². The van der Waals surface area contributed by atoms with E-state index in [1.807, 2.05) is 25.1 Å². The van der Waals surface area contributed by atoms with Crippen LogP contribution in [0.5, 0.6) is 11.5 Å². The number of nitrogens with zero attached hydrogens (tertiary/aromatic N) is 1. The third-order valence-corrected chi connectivity index (χ3v) is 3.70. The second kappa shape index (κ2) is 7.17. The van der Waals surface area contributed by atoms with Crippen molar-refractivity contribution in [2.24, 2.45) is 0 Å². The molecule has 0 spiro atoms. The molecule has 2 N–H and O–H groups in total. The second-order valence-electron chi connectivity index (χ2n) is 5.10. The molecule has 1 heterocycles. The van der Waals surface area contributed by atoms with Crippen LogP contribution in [0.15, 0.2) is 18.2 Å². The average molecular weight is 294 g/mol. The lowest BCUT2D eigenvalue weighted by Gasteiger charge is -2.31. The van der Waals surface area contributed by atoms with E-state index in [-0.39, 0.29) is 6.04 Å². The molecule has 1 aromatic carbocycles. The topological polar surface area (TPSA) is 71.0 Å². The lowest BCUT2D eigenvalue weighted by molar-refractivity contribution is 0.124. The van der Waals surface area contributed by atoms with Crippen LogP contribution in [-0.4, -0.2) is 55.5 Å². The molecule has 1 atom stereocenters. The number of ether oxygens (including phenoxy) is 2. The Labute approximate surface area is 124 Å². The maximum Gasteiger partial charge on any atom is 0.407 e. The third-order valence-electron chi connectivity index (χ3n) is 3.70. The van der Waals surface area contributed by atoms with Crippen molar-refractivity contribution < 1.29 is 19.4 Å². The van der Waals surface area contributed by atoms with E-state index < -0.39 is 6.09 Å². The number of carboxylic acid groups (broad SMARTS) is 1. The Bertz CT molecular complexity index is 493. The number of hydrogen-bond acceptors (Lipinski definition) is 4. The van der Waals surface area contributed by atoms with Gasteiger partial charge in [0.25, 0.3) is 0 Å². The number of piperazine rings is 1. The number of carbonyl (C=O) groups is 1. The van der Waals surface area contributed by atoms with Crippen LogP contribution in [0, 0.1) is 6.92 Å². The highest BCUT2D eigenvalue weighted by atomic mass is 16.5. The predicted molar refractivity (Wildman–Crippen MR) is 79.2 cm³/mol. The first kappa shape index (κ1) is 15.4. The first-order chi connectivity index (χ1) is 10.1. The van der Waals surface area contributed by atoms with Crippen molar-refractivity contribution in [1.82, 2.24) is 10.2 Å². The average Bonchev–Trinajstić information content (AvgIpc) is 2.49.